The van der Waals surface area contributed by atoms with Crippen molar-refractivity contribution in [3.05, 3.63) is 52.9 Å². The highest BCUT2D eigenvalue weighted by molar-refractivity contribution is 6.31. The van der Waals surface area contributed by atoms with Crippen LogP contribution in [-0.4, -0.2) is 27.2 Å². The van der Waals surface area contributed by atoms with E-state index in [1.807, 2.05) is 35.3 Å². The standard InChI is InChI=1S/C18H19ClN4O/c19-15-3-4-17-16(7-15)13(8-21-17)5-6-20-18(24)14-9-22-23(11-14)10-12-1-2-12/h3-4,7-9,11-12,21H,1-2,5-6,10H2,(H,20,24). The summed E-state index contributed by atoms with van der Waals surface area (Å²) in [5.41, 5.74) is 2.83. The number of halogens is 1. The summed E-state index contributed by atoms with van der Waals surface area (Å²) in [7, 11) is 0. The molecule has 1 aliphatic rings. The van der Waals surface area contributed by atoms with Crippen LogP contribution in [-0.2, 0) is 13.0 Å². The lowest BCUT2D eigenvalue weighted by Crippen LogP contribution is -2.25. The van der Waals surface area contributed by atoms with E-state index in [4.69, 9.17) is 11.6 Å². The highest BCUT2D eigenvalue weighted by Crippen LogP contribution is 2.30. The number of rotatable bonds is 6. The molecule has 124 valence electrons. The van der Waals surface area contributed by atoms with Crippen LogP contribution < -0.4 is 5.32 Å². The minimum absolute atomic E-state index is 0.0741. The zero-order chi connectivity index (χ0) is 16.5. The molecule has 24 heavy (non-hydrogen) atoms. The molecular weight excluding hydrogens is 324 g/mol. The lowest BCUT2D eigenvalue weighted by molar-refractivity contribution is 0.0954. The second-order valence-electron chi connectivity index (χ2n) is 6.40. The van der Waals surface area contributed by atoms with Crippen molar-refractivity contribution in [2.75, 3.05) is 6.54 Å². The molecule has 5 nitrogen and oxygen atoms in total. The third-order valence-electron chi connectivity index (χ3n) is 4.45. The monoisotopic (exact) mass is 342 g/mol. The summed E-state index contributed by atoms with van der Waals surface area (Å²) < 4.78 is 1.87. The molecule has 2 aromatic heterocycles. The number of aromatic amines is 1. The molecule has 6 heteroatoms. The summed E-state index contributed by atoms with van der Waals surface area (Å²) in [6.45, 7) is 1.50. The summed E-state index contributed by atoms with van der Waals surface area (Å²) >= 11 is 6.06. The van der Waals surface area contributed by atoms with Gasteiger partial charge in [0.15, 0.2) is 0 Å². The van der Waals surface area contributed by atoms with Crippen LogP contribution in [0.5, 0.6) is 0 Å². The Balaban J connectivity index is 1.35. The van der Waals surface area contributed by atoms with Crippen LogP contribution in [0.3, 0.4) is 0 Å². The lowest BCUT2D eigenvalue weighted by Gasteiger charge is -2.03. The second kappa shape index (κ2) is 6.32. The maximum Gasteiger partial charge on any atom is 0.254 e. The van der Waals surface area contributed by atoms with Gasteiger partial charge in [-0.2, -0.15) is 5.10 Å². The van der Waals surface area contributed by atoms with Crippen molar-refractivity contribution in [1.29, 1.82) is 0 Å². The van der Waals surface area contributed by atoms with Gasteiger partial charge in [0, 0.05) is 41.4 Å². The number of fused-ring (bicyclic) bond motifs is 1. The van der Waals surface area contributed by atoms with E-state index in [0.29, 0.717) is 12.1 Å². The van der Waals surface area contributed by atoms with Crippen molar-refractivity contribution in [1.82, 2.24) is 20.1 Å². The highest BCUT2D eigenvalue weighted by atomic mass is 35.5. The zero-order valence-electron chi connectivity index (χ0n) is 13.3. The predicted octanol–water partition coefficient (Wildman–Crippen LogP) is 3.40. The molecule has 1 amide bonds. The van der Waals surface area contributed by atoms with Crippen molar-refractivity contribution in [3.63, 3.8) is 0 Å². The number of amides is 1. The van der Waals surface area contributed by atoms with Crippen LogP contribution in [0.25, 0.3) is 10.9 Å². The third-order valence-corrected chi connectivity index (χ3v) is 4.68. The van der Waals surface area contributed by atoms with E-state index < -0.39 is 0 Å². The molecule has 2 heterocycles. The number of aromatic nitrogens is 3. The van der Waals surface area contributed by atoms with Gasteiger partial charge >= 0.3 is 0 Å². The zero-order valence-corrected chi connectivity index (χ0v) is 14.0. The molecular formula is C18H19ClN4O. The van der Waals surface area contributed by atoms with E-state index in [2.05, 4.69) is 15.4 Å². The van der Waals surface area contributed by atoms with Crippen LogP contribution in [0.2, 0.25) is 5.02 Å². The Kier molecular flexibility index (Phi) is 4.02. The van der Waals surface area contributed by atoms with Gasteiger partial charge in [0.25, 0.3) is 5.91 Å². The number of nitrogens with one attached hydrogen (secondary N) is 2. The fourth-order valence-electron chi connectivity index (χ4n) is 2.92. The molecule has 1 fully saturated rings. The van der Waals surface area contributed by atoms with Crippen molar-refractivity contribution >= 4 is 28.4 Å². The number of carbonyl (C=O) groups is 1. The summed E-state index contributed by atoms with van der Waals surface area (Å²) in [4.78, 5) is 15.4. The molecule has 1 aromatic carbocycles. The van der Waals surface area contributed by atoms with Crippen molar-refractivity contribution in [3.8, 4) is 0 Å². The molecule has 0 aliphatic heterocycles. The van der Waals surface area contributed by atoms with Gasteiger partial charge in [0.2, 0.25) is 0 Å². The Hall–Kier alpha value is -2.27. The van der Waals surface area contributed by atoms with Crippen molar-refractivity contribution < 1.29 is 4.79 Å². The van der Waals surface area contributed by atoms with E-state index in [0.717, 1.165) is 40.4 Å². The van der Waals surface area contributed by atoms with E-state index in [-0.39, 0.29) is 5.91 Å². The van der Waals surface area contributed by atoms with Gasteiger partial charge in [-0.3, -0.25) is 9.48 Å². The van der Waals surface area contributed by atoms with Gasteiger partial charge in [0.1, 0.15) is 0 Å². The molecule has 4 rings (SSSR count). The quantitative estimate of drug-likeness (QED) is 0.721. The number of hydrogen-bond donors (Lipinski definition) is 2. The van der Waals surface area contributed by atoms with Crippen LogP contribution in [0.1, 0.15) is 28.8 Å². The molecule has 0 atom stereocenters. The molecule has 0 saturated heterocycles. The molecule has 2 N–H and O–H groups in total. The SMILES string of the molecule is O=C(NCCc1c[nH]c2ccc(Cl)cc12)c1cnn(CC2CC2)c1. The molecule has 0 spiro atoms. The molecule has 1 aliphatic carbocycles. The van der Waals surface area contributed by atoms with E-state index in [9.17, 15) is 4.79 Å². The van der Waals surface area contributed by atoms with Gasteiger partial charge < -0.3 is 10.3 Å². The Bertz CT molecular complexity index is 878. The summed E-state index contributed by atoms with van der Waals surface area (Å²) in [5.74, 6) is 0.671. The summed E-state index contributed by atoms with van der Waals surface area (Å²) in [5, 5.41) is 9.05. The maximum atomic E-state index is 12.2. The average molecular weight is 343 g/mol. The maximum absolute atomic E-state index is 12.2. The van der Waals surface area contributed by atoms with Gasteiger partial charge in [0.05, 0.1) is 11.8 Å². The fraction of sp³-hybridized carbons (Fsp3) is 0.333. The molecule has 1 saturated carbocycles. The third kappa shape index (κ3) is 3.31. The first-order valence-electron chi connectivity index (χ1n) is 8.25. The predicted molar refractivity (Wildman–Crippen MR) is 94.3 cm³/mol. The number of nitrogens with zero attached hydrogens (tertiary/aromatic N) is 2. The summed E-state index contributed by atoms with van der Waals surface area (Å²) in [6.07, 6.45) is 8.75. The molecule has 3 aromatic rings. The number of benzene rings is 1. The molecule has 0 radical (unpaired) electrons. The first-order chi connectivity index (χ1) is 11.7. The Morgan fingerprint density at radius 3 is 3.12 bits per heavy atom. The van der Waals surface area contributed by atoms with E-state index in [1.165, 1.54) is 12.8 Å². The Labute approximate surface area is 145 Å². The minimum atomic E-state index is -0.0741. The number of H-pyrrole nitrogens is 1. The smallest absolute Gasteiger partial charge is 0.254 e. The largest absolute Gasteiger partial charge is 0.361 e. The van der Waals surface area contributed by atoms with E-state index in [1.54, 1.807) is 6.20 Å². The topological polar surface area (TPSA) is 62.7 Å². The normalized spacial score (nSPS) is 14.2. The van der Waals surface area contributed by atoms with Crippen LogP contribution >= 0.6 is 11.6 Å². The first-order valence-corrected chi connectivity index (χ1v) is 8.63. The van der Waals surface area contributed by atoms with Crippen LogP contribution in [0.4, 0.5) is 0 Å². The van der Waals surface area contributed by atoms with E-state index >= 15 is 0 Å². The summed E-state index contributed by atoms with van der Waals surface area (Å²) in [6, 6.07) is 5.78. The lowest BCUT2D eigenvalue weighted by atomic mass is 10.1. The fourth-order valence-corrected chi connectivity index (χ4v) is 3.09. The second-order valence-corrected chi connectivity index (χ2v) is 6.84. The van der Waals surface area contributed by atoms with Crippen molar-refractivity contribution in [2.24, 2.45) is 5.92 Å². The van der Waals surface area contributed by atoms with Crippen LogP contribution in [0.15, 0.2) is 36.8 Å². The Morgan fingerprint density at radius 1 is 1.42 bits per heavy atom. The molecule has 0 unspecified atom stereocenters. The minimum Gasteiger partial charge on any atom is -0.361 e. The van der Waals surface area contributed by atoms with Gasteiger partial charge in [-0.1, -0.05) is 11.6 Å². The van der Waals surface area contributed by atoms with Gasteiger partial charge in [-0.15, -0.1) is 0 Å². The van der Waals surface area contributed by atoms with Crippen molar-refractivity contribution in [2.45, 2.75) is 25.8 Å². The molecule has 0 bridgehead atoms. The highest BCUT2D eigenvalue weighted by Gasteiger charge is 2.22. The number of carbonyl (C=O) groups excluding carboxylic acids is 1. The number of hydrogen-bond acceptors (Lipinski definition) is 2. The van der Waals surface area contributed by atoms with Gasteiger partial charge in [-0.05, 0) is 48.9 Å². The van der Waals surface area contributed by atoms with Gasteiger partial charge in [-0.25, -0.2) is 0 Å². The first kappa shape index (κ1) is 15.3. The average Bonchev–Trinajstić information content (AvgIpc) is 3.10. The Morgan fingerprint density at radius 2 is 2.29 bits per heavy atom. The van der Waals surface area contributed by atoms with Crippen LogP contribution in [0, 0.1) is 5.92 Å².